The predicted octanol–water partition coefficient (Wildman–Crippen LogP) is 1.92. The Labute approximate surface area is 105 Å². The lowest BCUT2D eigenvalue weighted by Crippen LogP contribution is -2.38. The Balaban J connectivity index is 1.63. The number of aromatic nitrogens is 3. The third-order valence-corrected chi connectivity index (χ3v) is 4.16. The highest BCUT2D eigenvalue weighted by atomic mass is 19.3. The number of hydrogen-bond donors (Lipinski definition) is 0. The molecular formula is C12H18F2N4. The molecule has 1 aromatic heterocycles. The zero-order valence-corrected chi connectivity index (χ0v) is 10.6. The minimum atomic E-state index is -2.44. The van der Waals surface area contributed by atoms with Crippen molar-refractivity contribution in [1.82, 2.24) is 19.9 Å². The zero-order chi connectivity index (χ0) is 12.8. The van der Waals surface area contributed by atoms with Gasteiger partial charge in [-0.1, -0.05) is 5.21 Å². The summed E-state index contributed by atoms with van der Waals surface area (Å²) in [6, 6.07) is 0. The first-order valence-electron chi connectivity index (χ1n) is 6.54. The van der Waals surface area contributed by atoms with Gasteiger partial charge in [0, 0.05) is 32.3 Å². The first-order chi connectivity index (χ1) is 8.55. The minimum Gasteiger partial charge on any atom is -0.297 e. The number of likely N-dealkylation sites (tertiary alicyclic amines) is 1. The van der Waals surface area contributed by atoms with Gasteiger partial charge in [-0.3, -0.25) is 9.58 Å². The van der Waals surface area contributed by atoms with Crippen molar-refractivity contribution in [1.29, 1.82) is 0 Å². The van der Waals surface area contributed by atoms with Crippen molar-refractivity contribution in [2.45, 2.75) is 45.2 Å². The van der Waals surface area contributed by atoms with E-state index in [2.05, 4.69) is 15.2 Å². The fraction of sp³-hybridized carbons (Fsp3) is 0.833. The maximum Gasteiger partial charge on any atom is 0.255 e. The van der Waals surface area contributed by atoms with E-state index >= 15 is 0 Å². The third-order valence-electron chi connectivity index (χ3n) is 4.16. The molecule has 2 aliphatic rings. The van der Waals surface area contributed by atoms with Gasteiger partial charge in [-0.15, -0.1) is 5.10 Å². The summed E-state index contributed by atoms with van der Waals surface area (Å²) in [7, 11) is 0. The summed E-state index contributed by atoms with van der Waals surface area (Å²) >= 11 is 0. The van der Waals surface area contributed by atoms with E-state index < -0.39 is 11.3 Å². The molecule has 0 bridgehead atoms. The molecule has 1 saturated carbocycles. The Kier molecular flexibility index (Phi) is 2.66. The molecule has 1 aliphatic carbocycles. The van der Waals surface area contributed by atoms with E-state index in [-0.39, 0.29) is 6.42 Å². The molecule has 1 atom stereocenters. The molecule has 1 aliphatic heterocycles. The van der Waals surface area contributed by atoms with Crippen molar-refractivity contribution >= 4 is 0 Å². The second-order valence-corrected chi connectivity index (χ2v) is 5.54. The van der Waals surface area contributed by atoms with Gasteiger partial charge in [0.05, 0.1) is 11.1 Å². The van der Waals surface area contributed by atoms with Gasteiger partial charge in [0.25, 0.3) is 5.92 Å². The molecular weight excluding hydrogens is 238 g/mol. The highest BCUT2D eigenvalue weighted by Gasteiger charge is 2.71. The van der Waals surface area contributed by atoms with Crippen LogP contribution in [0, 0.1) is 5.41 Å². The fourth-order valence-electron chi connectivity index (χ4n) is 2.98. The van der Waals surface area contributed by atoms with Crippen molar-refractivity contribution in [2.24, 2.45) is 5.41 Å². The summed E-state index contributed by atoms with van der Waals surface area (Å²) in [6.45, 7) is 4.81. The van der Waals surface area contributed by atoms with E-state index in [1.165, 1.54) is 0 Å². The number of nitrogens with zero attached hydrogens (tertiary/aromatic N) is 4. The van der Waals surface area contributed by atoms with E-state index in [1.807, 2.05) is 13.1 Å². The Morgan fingerprint density at radius 3 is 2.83 bits per heavy atom. The van der Waals surface area contributed by atoms with E-state index in [1.54, 1.807) is 4.68 Å². The van der Waals surface area contributed by atoms with Gasteiger partial charge in [-0.2, -0.15) is 0 Å². The average Bonchev–Trinajstić information content (AvgIpc) is 2.70. The van der Waals surface area contributed by atoms with E-state index in [4.69, 9.17) is 0 Å². The van der Waals surface area contributed by atoms with Crippen LogP contribution in [0.25, 0.3) is 0 Å². The van der Waals surface area contributed by atoms with Gasteiger partial charge in [-0.05, 0) is 26.3 Å². The number of alkyl halides is 2. The van der Waals surface area contributed by atoms with Crippen LogP contribution in [0.3, 0.4) is 0 Å². The quantitative estimate of drug-likeness (QED) is 0.828. The van der Waals surface area contributed by atoms with Crippen LogP contribution < -0.4 is 0 Å². The lowest BCUT2D eigenvalue weighted by Gasteiger charge is -2.32. The van der Waals surface area contributed by atoms with Crippen LogP contribution in [0.5, 0.6) is 0 Å². The Hall–Kier alpha value is -1.04. The van der Waals surface area contributed by atoms with Crippen molar-refractivity contribution in [3.05, 3.63) is 11.9 Å². The highest BCUT2D eigenvalue weighted by Crippen LogP contribution is 2.64. The molecule has 1 spiro atoms. The van der Waals surface area contributed by atoms with Gasteiger partial charge >= 0.3 is 0 Å². The van der Waals surface area contributed by atoms with Crippen molar-refractivity contribution < 1.29 is 8.78 Å². The number of rotatable bonds is 3. The zero-order valence-electron chi connectivity index (χ0n) is 10.6. The Morgan fingerprint density at radius 1 is 1.44 bits per heavy atom. The van der Waals surface area contributed by atoms with Crippen LogP contribution >= 0.6 is 0 Å². The summed E-state index contributed by atoms with van der Waals surface area (Å²) in [5.74, 6) is -2.44. The molecule has 3 rings (SSSR count). The molecule has 0 aromatic carbocycles. The summed E-state index contributed by atoms with van der Waals surface area (Å²) in [6.07, 6.45) is 3.49. The van der Waals surface area contributed by atoms with Crippen molar-refractivity contribution in [2.75, 3.05) is 13.1 Å². The van der Waals surface area contributed by atoms with E-state index in [0.717, 1.165) is 25.2 Å². The molecule has 1 saturated heterocycles. The normalized spacial score (nSPS) is 30.8. The maximum absolute atomic E-state index is 13.4. The molecule has 18 heavy (non-hydrogen) atoms. The van der Waals surface area contributed by atoms with Crippen LogP contribution in [-0.2, 0) is 13.1 Å². The first kappa shape index (κ1) is 12.0. The number of halogens is 2. The topological polar surface area (TPSA) is 34.0 Å². The molecule has 1 aromatic rings. The number of hydrogen-bond acceptors (Lipinski definition) is 3. The third kappa shape index (κ3) is 1.92. The minimum absolute atomic E-state index is 0.0676. The molecule has 0 radical (unpaired) electrons. The molecule has 6 heteroatoms. The van der Waals surface area contributed by atoms with Gasteiger partial charge < -0.3 is 0 Å². The van der Waals surface area contributed by atoms with Crippen LogP contribution in [0.2, 0.25) is 0 Å². The smallest absolute Gasteiger partial charge is 0.255 e. The summed E-state index contributed by atoms with van der Waals surface area (Å²) in [5, 5.41) is 8.04. The lowest BCUT2D eigenvalue weighted by atomic mass is 9.94. The summed E-state index contributed by atoms with van der Waals surface area (Å²) < 4.78 is 28.5. The van der Waals surface area contributed by atoms with Crippen LogP contribution in [0.15, 0.2) is 6.20 Å². The van der Waals surface area contributed by atoms with Crippen molar-refractivity contribution in [3.8, 4) is 0 Å². The number of piperidine rings is 1. The SMILES string of the molecule is CCn1cc(CN2CCC[C@]3(C2)CC3(F)F)nn1. The molecule has 4 nitrogen and oxygen atoms in total. The maximum atomic E-state index is 13.4. The molecule has 2 heterocycles. The van der Waals surface area contributed by atoms with Gasteiger partial charge in [0.15, 0.2) is 0 Å². The Bertz CT molecular complexity index is 445. The van der Waals surface area contributed by atoms with E-state index in [9.17, 15) is 8.78 Å². The first-order valence-corrected chi connectivity index (χ1v) is 6.54. The second kappa shape index (κ2) is 3.98. The summed E-state index contributed by atoms with van der Waals surface area (Å²) in [5.41, 5.74) is 0.143. The molecule has 2 fully saturated rings. The molecule has 0 N–H and O–H groups in total. The molecule has 0 unspecified atom stereocenters. The molecule has 0 amide bonds. The van der Waals surface area contributed by atoms with Gasteiger partial charge in [-0.25, -0.2) is 8.78 Å². The number of aryl methyl sites for hydroxylation is 1. The van der Waals surface area contributed by atoms with E-state index in [0.29, 0.717) is 19.5 Å². The predicted molar refractivity (Wildman–Crippen MR) is 62.2 cm³/mol. The average molecular weight is 256 g/mol. The van der Waals surface area contributed by atoms with Crippen molar-refractivity contribution in [3.63, 3.8) is 0 Å². The largest absolute Gasteiger partial charge is 0.297 e. The second-order valence-electron chi connectivity index (χ2n) is 5.54. The molecule has 100 valence electrons. The fourth-order valence-corrected chi connectivity index (χ4v) is 2.98. The monoisotopic (exact) mass is 256 g/mol. The van der Waals surface area contributed by atoms with Gasteiger partial charge in [0.2, 0.25) is 0 Å². The highest BCUT2D eigenvalue weighted by molar-refractivity contribution is 5.13. The summed E-state index contributed by atoms with van der Waals surface area (Å²) in [4.78, 5) is 2.09. The van der Waals surface area contributed by atoms with Gasteiger partial charge in [0.1, 0.15) is 0 Å². The van der Waals surface area contributed by atoms with Crippen LogP contribution in [0.4, 0.5) is 8.78 Å². The van der Waals surface area contributed by atoms with Crippen LogP contribution in [-0.4, -0.2) is 38.9 Å². The lowest BCUT2D eigenvalue weighted by molar-refractivity contribution is 0.0225. The Morgan fingerprint density at radius 2 is 2.22 bits per heavy atom. The van der Waals surface area contributed by atoms with Crippen LogP contribution in [0.1, 0.15) is 31.9 Å². The standard InChI is InChI=1S/C12H18F2N4/c1-2-18-7-10(15-16-18)6-17-5-3-4-11(9-17)8-12(11,13)14/h7H,2-6,8-9H2,1H3/t11-/m1/s1.